The number of amides is 7. The predicted octanol–water partition coefficient (Wildman–Crippen LogP) is 2.49. The Kier molecular flexibility index (Phi) is 17.0. The molecule has 0 aliphatic carbocycles. The second-order valence-corrected chi connectivity index (χ2v) is 16.2. The minimum atomic E-state index is -1.24. The van der Waals surface area contributed by atoms with E-state index >= 15 is 0 Å². The predicted molar refractivity (Wildman–Crippen MR) is 251 cm³/mol. The number of unbranched alkanes of at least 4 members (excludes halogenated alkanes) is 1. The van der Waals surface area contributed by atoms with Crippen molar-refractivity contribution in [1.29, 1.82) is 0 Å². The van der Waals surface area contributed by atoms with E-state index in [9.17, 15) is 28.8 Å². The van der Waals surface area contributed by atoms with Crippen LogP contribution in [0.4, 0.5) is 4.79 Å². The van der Waals surface area contributed by atoms with E-state index < -0.39 is 65.8 Å². The van der Waals surface area contributed by atoms with Gasteiger partial charge >= 0.3 is 6.03 Å². The Hall–Kier alpha value is -7.57. The number of aryl methyl sites for hydroxylation is 1. The minimum Gasteiger partial charge on any atom is -0.368 e. The molecule has 346 valence electrons. The highest BCUT2D eigenvalue weighted by atomic mass is 16.2. The van der Waals surface area contributed by atoms with Crippen LogP contribution in [-0.2, 0) is 49.8 Å². The fourth-order valence-electron chi connectivity index (χ4n) is 7.62. The molecule has 13 N–H and O–H groups in total. The van der Waals surface area contributed by atoms with Gasteiger partial charge in [-0.1, -0.05) is 91.0 Å². The van der Waals surface area contributed by atoms with Crippen LogP contribution in [-0.4, -0.2) is 92.3 Å². The van der Waals surface area contributed by atoms with Crippen molar-refractivity contribution in [2.24, 2.45) is 17.2 Å². The molecule has 0 aliphatic heterocycles. The Balaban J connectivity index is 1.22. The van der Waals surface area contributed by atoms with E-state index in [2.05, 4.69) is 41.6 Å². The van der Waals surface area contributed by atoms with Crippen molar-refractivity contribution in [3.63, 3.8) is 0 Å². The van der Waals surface area contributed by atoms with Crippen molar-refractivity contribution in [3.8, 4) is 0 Å². The van der Waals surface area contributed by atoms with Gasteiger partial charge in [-0.3, -0.25) is 29.4 Å². The Morgan fingerprint density at radius 3 is 2.12 bits per heavy atom. The number of hydrogen-bond acceptors (Lipinski definition) is 9. The first kappa shape index (κ1) is 47.9. The number of aromatic nitrogens is 3. The number of nitrogens with zero attached hydrogens (tertiary/aromatic N) is 2. The van der Waals surface area contributed by atoms with Gasteiger partial charge in [0.05, 0.1) is 18.9 Å². The Bertz CT molecular complexity index is 2580. The van der Waals surface area contributed by atoms with Crippen molar-refractivity contribution in [2.75, 3.05) is 6.54 Å². The molecule has 4 aromatic carbocycles. The number of H-pyrrole nitrogens is 2. The number of benzene rings is 4. The van der Waals surface area contributed by atoms with Gasteiger partial charge in [0.15, 0.2) is 0 Å². The zero-order chi connectivity index (χ0) is 47.0. The molecule has 5 atom stereocenters. The Morgan fingerprint density at radius 2 is 1.38 bits per heavy atom. The summed E-state index contributed by atoms with van der Waals surface area (Å²) in [6.45, 7) is 1.70. The molecule has 0 unspecified atom stereocenters. The summed E-state index contributed by atoms with van der Waals surface area (Å²) in [6, 6.07) is 23.4. The van der Waals surface area contributed by atoms with Crippen LogP contribution < -0.4 is 43.9 Å². The van der Waals surface area contributed by atoms with Crippen molar-refractivity contribution in [3.05, 3.63) is 138 Å². The molecule has 7 amide bonds. The second kappa shape index (κ2) is 23.4. The standard InChI is InChI=1S/C48H58N12O6/c1-30(55-46(64)41(57-45(63)38(50)25-35-27-52-29-54-35)22-21-33-26-53-39-19-8-7-18-37(33)39)44(62)59-60(28-34-16-11-15-32-14-5-6-17-36(32)34)48(66)58-42(24-31-12-3-2-4-13-31)47(65)56-40(43(51)61)20-9-10-23-49/h2-8,11-19,26-27,29-30,38,40-42,53H,9-10,20-25,28,49-50H2,1H3,(H2,51,61)(H,52,54)(H,55,64)(H,56,65)(H,57,63)(H,58,66)(H,59,62)/t30-,38-,40-,41+,42+/m0/s1. The maximum atomic E-state index is 14.5. The second-order valence-electron chi connectivity index (χ2n) is 16.2. The molecule has 0 spiro atoms. The summed E-state index contributed by atoms with van der Waals surface area (Å²) in [5.74, 6) is -3.40. The highest BCUT2D eigenvalue weighted by Gasteiger charge is 2.31. The number of carbonyl (C=O) groups is 6. The number of primary amides is 1. The van der Waals surface area contributed by atoms with Gasteiger partial charge in [0, 0.05) is 41.8 Å². The van der Waals surface area contributed by atoms with Crippen LogP contribution in [0.2, 0.25) is 0 Å². The minimum absolute atomic E-state index is 0.0341. The molecule has 6 aromatic rings. The van der Waals surface area contributed by atoms with Crippen molar-refractivity contribution in [1.82, 2.24) is 46.7 Å². The van der Waals surface area contributed by atoms with Gasteiger partial charge in [0.1, 0.15) is 24.2 Å². The summed E-state index contributed by atoms with van der Waals surface area (Å²) in [4.78, 5) is 92.5. The Morgan fingerprint density at radius 1 is 0.682 bits per heavy atom. The molecule has 0 saturated heterocycles. The maximum absolute atomic E-state index is 14.5. The quantitative estimate of drug-likeness (QED) is 0.0353. The molecular formula is C48H58N12O6. The topological polar surface area (TPSA) is 288 Å². The third-order valence-corrected chi connectivity index (χ3v) is 11.3. The van der Waals surface area contributed by atoms with E-state index in [1.54, 1.807) is 30.5 Å². The fraction of sp³-hybridized carbons (Fsp3) is 0.312. The summed E-state index contributed by atoms with van der Waals surface area (Å²) in [5, 5.41) is 14.7. The zero-order valence-electron chi connectivity index (χ0n) is 36.8. The van der Waals surface area contributed by atoms with Gasteiger partial charge in [0.25, 0.3) is 5.91 Å². The number of aromatic amines is 2. The van der Waals surface area contributed by atoms with Crippen LogP contribution in [0.1, 0.15) is 55.0 Å². The number of para-hydroxylation sites is 1. The van der Waals surface area contributed by atoms with Crippen LogP contribution in [0, 0.1) is 0 Å². The molecule has 66 heavy (non-hydrogen) atoms. The largest absolute Gasteiger partial charge is 0.368 e. The molecule has 18 nitrogen and oxygen atoms in total. The normalized spacial score (nSPS) is 13.4. The molecule has 0 radical (unpaired) electrons. The first-order valence-corrected chi connectivity index (χ1v) is 22.0. The summed E-state index contributed by atoms with van der Waals surface area (Å²) in [6.07, 6.45) is 7.03. The molecular weight excluding hydrogens is 841 g/mol. The van der Waals surface area contributed by atoms with E-state index in [0.717, 1.165) is 32.2 Å². The third kappa shape index (κ3) is 13.2. The highest BCUT2D eigenvalue weighted by Crippen LogP contribution is 2.21. The summed E-state index contributed by atoms with van der Waals surface area (Å²) in [7, 11) is 0. The number of nitrogens with two attached hydrogens (primary N) is 3. The van der Waals surface area contributed by atoms with Crippen LogP contribution in [0.5, 0.6) is 0 Å². The molecule has 18 heteroatoms. The summed E-state index contributed by atoms with van der Waals surface area (Å²) >= 11 is 0. The van der Waals surface area contributed by atoms with Crippen molar-refractivity contribution >= 4 is 57.2 Å². The van der Waals surface area contributed by atoms with Gasteiger partial charge in [-0.2, -0.15) is 0 Å². The third-order valence-electron chi connectivity index (χ3n) is 11.3. The van der Waals surface area contributed by atoms with E-state index in [-0.39, 0.29) is 32.2 Å². The van der Waals surface area contributed by atoms with Gasteiger partial charge in [0.2, 0.25) is 23.6 Å². The Labute approximate surface area is 382 Å². The number of rotatable bonds is 22. The van der Waals surface area contributed by atoms with Crippen LogP contribution in [0.3, 0.4) is 0 Å². The molecule has 0 bridgehead atoms. The average molecular weight is 899 g/mol. The molecule has 2 heterocycles. The number of urea groups is 1. The monoisotopic (exact) mass is 898 g/mol. The van der Waals surface area contributed by atoms with Crippen molar-refractivity contribution < 1.29 is 28.8 Å². The summed E-state index contributed by atoms with van der Waals surface area (Å²) < 4.78 is 0. The van der Waals surface area contributed by atoms with Crippen molar-refractivity contribution in [2.45, 2.75) is 88.6 Å². The lowest BCUT2D eigenvalue weighted by atomic mass is 10.0. The summed E-state index contributed by atoms with van der Waals surface area (Å²) in [5.41, 5.74) is 24.1. The van der Waals surface area contributed by atoms with Gasteiger partial charge < -0.3 is 48.4 Å². The molecule has 0 fully saturated rings. The van der Waals surface area contributed by atoms with E-state index in [1.165, 1.54) is 13.3 Å². The number of fused-ring (bicyclic) bond motifs is 2. The molecule has 0 saturated carbocycles. The molecule has 2 aromatic heterocycles. The first-order valence-electron chi connectivity index (χ1n) is 22.0. The highest BCUT2D eigenvalue weighted by molar-refractivity contribution is 5.95. The van der Waals surface area contributed by atoms with Crippen LogP contribution >= 0.6 is 0 Å². The number of imidazole rings is 1. The maximum Gasteiger partial charge on any atom is 0.337 e. The number of hydrogen-bond donors (Lipinski definition) is 10. The molecule has 0 aliphatic rings. The van der Waals surface area contributed by atoms with Gasteiger partial charge in [-0.05, 0) is 79.1 Å². The number of nitrogens with one attached hydrogen (secondary N) is 7. The number of carbonyl (C=O) groups excluding carboxylic acids is 6. The lowest BCUT2D eigenvalue weighted by Crippen LogP contribution is -2.60. The van der Waals surface area contributed by atoms with Crippen LogP contribution in [0.15, 0.2) is 116 Å². The molecule has 6 rings (SSSR count). The van der Waals surface area contributed by atoms with E-state index in [4.69, 9.17) is 17.2 Å². The van der Waals surface area contributed by atoms with Crippen LogP contribution in [0.25, 0.3) is 21.7 Å². The lowest BCUT2D eigenvalue weighted by molar-refractivity contribution is -0.133. The smallest absolute Gasteiger partial charge is 0.337 e. The fourth-order valence-corrected chi connectivity index (χ4v) is 7.62. The SMILES string of the molecule is C[C@H](NC(=O)[C@@H](CCc1c[nH]c2ccccc12)NC(=O)[C@@H](N)Cc1cnc[nH]1)C(=O)NN(Cc1cccc2ccccc12)C(=O)N[C@H](Cc1ccccc1)C(=O)N[C@@H](CCCCN)C(N)=O. The van der Waals surface area contributed by atoms with E-state index in [0.29, 0.717) is 42.6 Å². The zero-order valence-corrected chi connectivity index (χ0v) is 36.8. The number of hydrazine groups is 1. The van der Waals surface area contributed by atoms with Gasteiger partial charge in [-0.15, -0.1) is 0 Å². The van der Waals surface area contributed by atoms with E-state index in [1.807, 2.05) is 79.0 Å². The average Bonchev–Trinajstić information content (AvgIpc) is 3.99. The van der Waals surface area contributed by atoms with Gasteiger partial charge in [-0.25, -0.2) is 14.8 Å². The lowest BCUT2D eigenvalue weighted by Gasteiger charge is -2.29. The first-order chi connectivity index (χ1) is 31.9.